The molecule has 8 nitrogen and oxygen atoms in total. The Morgan fingerprint density at radius 1 is 0.917 bits per heavy atom. The van der Waals surface area contributed by atoms with Crippen LogP contribution < -0.4 is 16.1 Å². The largest absolute Gasteiger partial charge is 0.490 e. The molecule has 0 spiro atoms. The third-order valence-corrected chi connectivity index (χ3v) is 3.92. The molecule has 186 valence electrons. The lowest BCUT2D eigenvalue weighted by molar-refractivity contribution is -0.138. The maximum absolute atomic E-state index is 12.6. The highest BCUT2D eigenvalue weighted by atomic mass is 79.9. The number of aromatic nitrogens is 2. The van der Waals surface area contributed by atoms with E-state index in [2.05, 4.69) is 52.0 Å². The highest BCUT2D eigenvalue weighted by Crippen LogP contribution is 2.35. The van der Waals surface area contributed by atoms with Crippen LogP contribution in [0.4, 0.5) is 38.0 Å². The zero-order valence-electron chi connectivity index (χ0n) is 18.4. The molecule has 0 atom stereocenters. The summed E-state index contributed by atoms with van der Waals surface area (Å²) in [4.78, 5) is 28.4. The van der Waals surface area contributed by atoms with Crippen LogP contribution in [0.3, 0.4) is 0 Å². The summed E-state index contributed by atoms with van der Waals surface area (Å²) in [6, 6.07) is 1.31. The Labute approximate surface area is 215 Å². The van der Waals surface area contributed by atoms with E-state index >= 15 is 0 Å². The minimum atomic E-state index is -4.77. The van der Waals surface area contributed by atoms with E-state index in [1.165, 1.54) is 6.92 Å². The number of nitrogens with one attached hydrogen (secondary N) is 2. The molecule has 2 amide bonds. The number of alkyl halides is 6. The van der Waals surface area contributed by atoms with E-state index in [0.29, 0.717) is 12.3 Å². The second-order valence-corrected chi connectivity index (χ2v) is 6.98. The minimum absolute atomic E-state index is 0. The first-order valence-corrected chi connectivity index (χ1v) is 9.69. The van der Waals surface area contributed by atoms with Crippen LogP contribution in [-0.2, 0) is 21.9 Å². The summed E-state index contributed by atoms with van der Waals surface area (Å²) in [6.45, 7) is 2.31. The summed E-state index contributed by atoms with van der Waals surface area (Å²) in [5, 5.41) is 21.8. The van der Waals surface area contributed by atoms with Crippen molar-refractivity contribution in [2.75, 3.05) is 10.6 Å². The van der Waals surface area contributed by atoms with Gasteiger partial charge in [-0.2, -0.15) is 26.3 Å². The molecule has 2 aromatic heterocycles. The molecule has 4 N–H and O–H groups in total. The van der Waals surface area contributed by atoms with Crippen molar-refractivity contribution < 1.29 is 46.0 Å². The Morgan fingerprint density at radius 2 is 1.28 bits per heavy atom. The van der Waals surface area contributed by atoms with Crippen molar-refractivity contribution in [1.82, 2.24) is 9.97 Å². The van der Waals surface area contributed by atoms with E-state index in [9.17, 15) is 35.9 Å². The number of nitrogens with zero attached hydrogens (tertiary/aromatic N) is 2. The van der Waals surface area contributed by atoms with Crippen LogP contribution >= 0.6 is 15.9 Å². The Hall–Kier alpha value is -2.46. The fourth-order valence-corrected chi connectivity index (χ4v) is 2.51. The van der Waals surface area contributed by atoms with E-state index in [4.69, 9.17) is 10.0 Å². The van der Waals surface area contributed by atoms with Crippen LogP contribution in [0.5, 0.6) is 0 Å². The van der Waals surface area contributed by atoms with Crippen molar-refractivity contribution in [2.45, 2.75) is 26.2 Å². The molecule has 0 aliphatic carbocycles. The van der Waals surface area contributed by atoms with Gasteiger partial charge in [0.15, 0.2) is 0 Å². The van der Waals surface area contributed by atoms with Gasteiger partial charge in [-0.25, -0.2) is 9.97 Å². The maximum Gasteiger partial charge on any atom is 0.490 e. The average molecular weight is 574 g/mol. The summed E-state index contributed by atoms with van der Waals surface area (Å²) >= 11 is 2.74. The maximum atomic E-state index is 12.6. The Bertz CT molecular complexity index is 1020. The fourth-order valence-electron chi connectivity index (χ4n) is 2.07. The smallest absolute Gasteiger partial charge is 0.423 e. The quantitative estimate of drug-likeness (QED) is 0.321. The van der Waals surface area contributed by atoms with Gasteiger partial charge in [0.1, 0.15) is 11.6 Å². The van der Waals surface area contributed by atoms with Gasteiger partial charge in [-0.15, -0.1) is 0 Å². The monoisotopic (exact) mass is 574 g/mol. The molecule has 2 rings (SSSR count). The molecule has 0 aliphatic heterocycles. The van der Waals surface area contributed by atoms with E-state index in [1.807, 2.05) is 0 Å². The first kappa shape index (κ1) is 35.7. The zero-order valence-corrected chi connectivity index (χ0v) is 20.0. The summed E-state index contributed by atoms with van der Waals surface area (Å²) in [7, 11) is 7.71. The number of carbonyl (C=O) groups is 2. The predicted octanol–water partition coefficient (Wildman–Crippen LogP) is 1.04. The number of rotatable bonds is 3. The molecular weight excluding hydrogens is 560 g/mol. The standard InChI is InChI=1S/C8H8BF3N2O3.C8H6BrF3N2O.B3.B/c1-4(15)14-7-2-5(8(10,11)12)6(3-13-7)9(16)17;1-4(15)14-7-2-5(8(10,11)12)6(9)3-13-7;1-3-2;/h2-3,16-17H,1H3,(H,13,14,15);2-3H,1H3,(H,13,14,15);;. The van der Waals surface area contributed by atoms with Gasteiger partial charge < -0.3 is 20.7 Å². The van der Waals surface area contributed by atoms with E-state index < -0.39 is 47.9 Å². The first-order valence-electron chi connectivity index (χ1n) is 8.90. The number of amides is 2. The van der Waals surface area contributed by atoms with Crippen molar-refractivity contribution in [3.05, 3.63) is 40.1 Å². The van der Waals surface area contributed by atoms with Gasteiger partial charge in [0, 0.05) is 67.1 Å². The van der Waals surface area contributed by atoms with Gasteiger partial charge in [-0.3, -0.25) is 9.59 Å². The van der Waals surface area contributed by atoms with Crippen LogP contribution in [-0.4, -0.2) is 69.9 Å². The van der Waals surface area contributed by atoms with Crippen molar-refractivity contribution in [1.29, 1.82) is 0 Å². The number of carbonyl (C=O) groups excluding carboxylic acids is 2. The minimum Gasteiger partial charge on any atom is -0.423 e. The van der Waals surface area contributed by atoms with Gasteiger partial charge >= 0.3 is 19.5 Å². The lowest BCUT2D eigenvalue weighted by Crippen LogP contribution is -2.36. The second-order valence-electron chi connectivity index (χ2n) is 6.13. The van der Waals surface area contributed by atoms with E-state index in [1.54, 1.807) is 0 Å². The molecule has 8 radical (unpaired) electrons. The molecule has 0 saturated carbocycles. The summed E-state index contributed by atoms with van der Waals surface area (Å²) in [5.41, 5.74) is -2.90. The van der Waals surface area contributed by atoms with E-state index in [0.717, 1.165) is 26.2 Å². The zero-order chi connectivity index (χ0) is 27.6. The first-order chi connectivity index (χ1) is 15.9. The van der Waals surface area contributed by atoms with Crippen molar-refractivity contribution in [2.24, 2.45) is 0 Å². The molecule has 2 aromatic rings. The number of halogens is 7. The summed E-state index contributed by atoms with van der Waals surface area (Å²) < 4.78 is 74.7. The molecule has 0 fully saturated rings. The molecule has 0 aromatic carbocycles. The molecule has 36 heavy (non-hydrogen) atoms. The summed E-state index contributed by atoms with van der Waals surface area (Å²) in [5.74, 6) is -1.49. The number of anilines is 2. The number of pyridine rings is 2. The lowest BCUT2D eigenvalue weighted by atomic mass is 9.40. The predicted molar refractivity (Wildman–Crippen MR) is 128 cm³/mol. The average Bonchev–Trinajstić information content (AvgIpc) is 2.68. The van der Waals surface area contributed by atoms with Gasteiger partial charge in [-0.1, -0.05) is 0 Å². The van der Waals surface area contributed by atoms with Gasteiger partial charge in [-0.05, 0) is 28.1 Å². The molecule has 0 saturated heterocycles. The van der Waals surface area contributed by atoms with Gasteiger partial charge in [0.05, 0.1) is 11.1 Å². The van der Waals surface area contributed by atoms with Crippen molar-refractivity contribution >= 4 is 82.9 Å². The van der Waals surface area contributed by atoms with Crippen LogP contribution in [0.2, 0.25) is 0 Å². The Balaban J connectivity index is 0. The van der Waals surface area contributed by atoms with Crippen molar-refractivity contribution in [3.8, 4) is 0 Å². The third kappa shape index (κ3) is 13.0. The number of hydrogen-bond donors (Lipinski definition) is 4. The van der Waals surface area contributed by atoms with Crippen LogP contribution in [0.15, 0.2) is 29.0 Å². The second kappa shape index (κ2) is 15.6. The molecular formula is C16H14B5BrF6N4O4. The third-order valence-electron chi connectivity index (χ3n) is 3.29. The SMILES string of the molecule is CC(=O)Nc1cc(C(F)(F)F)c(B(O)O)cn1.CC(=O)Nc1cc(C(F)(F)F)c(Br)cn1.[B].[B][B][B]. The lowest BCUT2D eigenvalue weighted by Gasteiger charge is -2.13. The van der Waals surface area contributed by atoms with Crippen LogP contribution in [0.1, 0.15) is 25.0 Å². The highest BCUT2D eigenvalue weighted by molar-refractivity contribution is 9.10. The fraction of sp³-hybridized carbons (Fsp3) is 0.250. The topological polar surface area (TPSA) is 124 Å². The molecule has 2 heterocycles. The highest BCUT2D eigenvalue weighted by Gasteiger charge is 2.37. The van der Waals surface area contributed by atoms with Crippen LogP contribution in [0, 0.1) is 0 Å². The van der Waals surface area contributed by atoms with Crippen LogP contribution in [0.25, 0.3) is 0 Å². The Morgan fingerprint density at radius 3 is 1.61 bits per heavy atom. The van der Waals surface area contributed by atoms with Gasteiger partial charge in [0.25, 0.3) is 0 Å². The van der Waals surface area contributed by atoms with Gasteiger partial charge in [0.2, 0.25) is 11.8 Å². The molecule has 0 unspecified atom stereocenters. The Kier molecular flexibility index (Phi) is 15.5. The molecule has 0 aliphatic rings. The molecule has 0 bridgehead atoms. The summed E-state index contributed by atoms with van der Waals surface area (Å²) in [6.07, 6.45) is -7.60. The molecule has 20 heteroatoms. The normalized spacial score (nSPS) is 10.3. The van der Waals surface area contributed by atoms with E-state index in [-0.39, 0.29) is 24.5 Å². The number of hydrogen-bond acceptors (Lipinski definition) is 6. The van der Waals surface area contributed by atoms with Crippen molar-refractivity contribution in [3.63, 3.8) is 0 Å².